The fourth-order valence-electron chi connectivity index (χ4n) is 2.78. The second-order valence-corrected chi connectivity index (χ2v) is 5.74. The summed E-state index contributed by atoms with van der Waals surface area (Å²) in [6.07, 6.45) is 3.50. The van der Waals surface area contributed by atoms with E-state index < -0.39 is 5.41 Å². The Balaban J connectivity index is 2.06. The van der Waals surface area contributed by atoms with E-state index >= 15 is 0 Å². The van der Waals surface area contributed by atoms with Crippen LogP contribution in [0.1, 0.15) is 32.6 Å². The van der Waals surface area contributed by atoms with E-state index in [2.05, 4.69) is 0 Å². The van der Waals surface area contributed by atoms with E-state index in [4.69, 9.17) is 11.5 Å². The van der Waals surface area contributed by atoms with Gasteiger partial charge in [-0.25, -0.2) is 0 Å². The highest BCUT2D eigenvalue weighted by molar-refractivity contribution is 5.87. The molecule has 0 bridgehead atoms. The van der Waals surface area contributed by atoms with Crippen LogP contribution in [0.15, 0.2) is 0 Å². The molecule has 96 valence electrons. The van der Waals surface area contributed by atoms with Crippen molar-refractivity contribution in [3.63, 3.8) is 0 Å². The van der Waals surface area contributed by atoms with E-state index in [1.807, 2.05) is 6.92 Å². The van der Waals surface area contributed by atoms with Gasteiger partial charge in [-0.2, -0.15) is 0 Å². The molecule has 1 heterocycles. The summed E-state index contributed by atoms with van der Waals surface area (Å²) in [6, 6.07) is 0. The van der Waals surface area contributed by atoms with E-state index in [9.17, 15) is 9.59 Å². The number of primary amides is 1. The summed E-state index contributed by atoms with van der Waals surface area (Å²) >= 11 is 0. The van der Waals surface area contributed by atoms with Crippen LogP contribution >= 0.6 is 0 Å². The van der Waals surface area contributed by atoms with Crippen LogP contribution in [0, 0.1) is 10.8 Å². The quantitative estimate of drug-likeness (QED) is 0.717. The molecule has 1 atom stereocenters. The molecule has 0 radical (unpaired) electrons. The first-order chi connectivity index (χ1) is 7.93. The Morgan fingerprint density at radius 2 is 1.94 bits per heavy atom. The van der Waals surface area contributed by atoms with Gasteiger partial charge in [-0.05, 0) is 26.2 Å². The van der Waals surface area contributed by atoms with Crippen molar-refractivity contribution in [3.8, 4) is 0 Å². The molecule has 5 nitrogen and oxygen atoms in total. The Bertz CT molecular complexity index is 346. The number of rotatable bonds is 3. The maximum absolute atomic E-state index is 12.4. The average Bonchev–Trinajstić information content (AvgIpc) is 2.61. The van der Waals surface area contributed by atoms with Crippen LogP contribution in [-0.2, 0) is 9.59 Å². The van der Waals surface area contributed by atoms with Crippen molar-refractivity contribution in [2.75, 3.05) is 19.6 Å². The van der Waals surface area contributed by atoms with Crippen LogP contribution in [0.2, 0.25) is 0 Å². The molecule has 0 aromatic rings. The molecule has 1 unspecified atom stereocenters. The molecule has 0 aromatic carbocycles. The third-order valence-electron chi connectivity index (χ3n) is 4.51. The Morgan fingerprint density at radius 1 is 1.29 bits per heavy atom. The molecule has 1 saturated heterocycles. The Labute approximate surface area is 102 Å². The largest absolute Gasteiger partial charge is 0.369 e. The van der Waals surface area contributed by atoms with Gasteiger partial charge >= 0.3 is 0 Å². The number of hydrogen-bond acceptors (Lipinski definition) is 3. The van der Waals surface area contributed by atoms with E-state index in [1.165, 1.54) is 0 Å². The molecule has 2 aliphatic rings. The molecule has 17 heavy (non-hydrogen) atoms. The molecule has 4 N–H and O–H groups in total. The van der Waals surface area contributed by atoms with Crippen molar-refractivity contribution < 1.29 is 9.59 Å². The minimum absolute atomic E-state index is 0.122. The van der Waals surface area contributed by atoms with Crippen LogP contribution in [0.3, 0.4) is 0 Å². The zero-order valence-corrected chi connectivity index (χ0v) is 10.4. The van der Waals surface area contributed by atoms with Gasteiger partial charge in [0.15, 0.2) is 0 Å². The first-order valence-electron chi connectivity index (χ1n) is 6.23. The van der Waals surface area contributed by atoms with Gasteiger partial charge in [0, 0.05) is 19.6 Å². The topological polar surface area (TPSA) is 89.4 Å². The summed E-state index contributed by atoms with van der Waals surface area (Å²) < 4.78 is 0. The lowest BCUT2D eigenvalue weighted by Crippen LogP contribution is -2.52. The number of carbonyl (C=O) groups is 2. The summed E-state index contributed by atoms with van der Waals surface area (Å²) in [5.74, 6) is -0.195. The SMILES string of the molecule is CC1(C(N)=O)CCN(C(=O)C2(CN)CCC2)C1. The second kappa shape index (κ2) is 3.98. The lowest BCUT2D eigenvalue weighted by molar-refractivity contribution is -0.146. The normalized spacial score (nSPS) is 31.1. The van der Waals surface area contributed by atoms with Gasteiger partial charge in [-0.15, -0.1) is 0 Å². The number of carbonyl (C=O) groups excluding carboxylic acids is 2. The highest BCUT2D eigenvalue weighted by atomic mass is 16.2. The fourth-order valence-corrected chi connectivity index (χ4v) is 2.78. The zero-order valence-electron chi connectivity index (χ0n) is 10.4. The second-order valence-electron chi connectivity index (χ2n) is 5.74. The summed E-state index contributed by atoms with van der Waals surface area (Å²) in [5.41, 5.74) is 10.2. The number of likely N-dealkylation sites (tertiary alicyclic amines) is 1. The van der Waals surface area contributed by atoms with Crippen molar-refractivity contribution in [1.29, 1.82) is 0 Å². The van der Waals surface area contributed by atoms with Gasteiger partial charge in [-0.3, -0.25) is 9.59 Å². The van der Waals surface area contributed by atoms with Crippen LogP contribution in [0.25, 0.3) is 0 Å². The van der Waals surface area contributed by atoms with Crippen molar-refractivity contribution >= 4 is 11.8 Å². The van der Waals surface area contributed by atoms with Gasteiger partial charge < -0.3 is 16.4 Å². The molecule has 0 aromatic heterocycles. The minimum atomic E-state index is -0.560. The fraction of sp³-hybridized carbons (Fsp3) is 0.833. The molecule has 1 aliphatic carbocycles. The summed E-state index contributed by atoms with van der Waals surface area (Å²) in [7, 11) is 0. The number of nitrogens with zero attached hydrogens (tertiary/aromatic N) is 1. The summed E-state index contributed by atoms with van der Waals surface area (Å²) in [5, 5.41) is 0. The molecule has 2 amide bonds. The zero-order chi connectivity index (χ0) is 12.7. The van der Waals surface area contributed by atoms with Gasteiger partial charge in [0.1, 0.15) is 0 Å². The van der Waals surface area contributed by atoms with Gasteiger partial charge in [0.05, 0.1) is 10.8 Å². The highest BCUT2D eigenvalue weighted by Gasteiger charge is 2.49. The molecule has 0 spiro atoms. The smallest absolute Gasteiger partial charge is 0.230 e. The van der Waals surface area contributed by atoms with Crippen LogP contribution < -0.4 is 11.5 Å². The predicted molar refractivity (Wildman–Crippen MR) is 63.8 cm³/mol. The number of hydrogen-bond donors (Lipinski definition) is 2. The Morgan fingerprint density at radius 3 is 2.29 bits per heavy atom. The third-order valence-corrected chi connectivity index (χ3v) is 4.51. The van der Waals surface area contributed by atoms with Crippen LogP contribution in [-0.4, -0.2) is 36.3 Å². The van der Waals surface area contributed by atoms with Crippen molar-refractivity contribution in [2.45, 2.75) is 32.6 Å². The number of nitrogens with two attached hydrogens (primary N) is 2. The molecule has 2 rings (SSSR count). The maximum atomic E-state index is 12.4. The van der Waals surface area contributed by atoms with E-state index in [0.29, 0.717) is 26.1 Å². The van der Waals surface area contributed by atoms with Crippen molar-refractivity contribution in [3.05, 3.63) is 0 Å². The first-order valence-corrected chi connectivity index (χ1v) is 6.23. The van der Waals surface area contributed by atoms with E-state index in [0.717, 1.165) is 19.3 Å². The first kappa shape index (κ1) is 12.4. The monoisotopic (exact) mass is 239 g/mol. The predicted octanol–water partition coefficient (Wildman–Crippen LogP) is -0.161. The molecular weight excluding hydrogens is 218 g/mol. The molecular formula is C12H21N3O2. The molecule has 1 saturated carbocycles. The van der Waals surface area contributed by atoms with E-state index in [-0.39, 0.29) is 17.2 Å². The Hall–Kier alpha value is -1.10. The molecule has 5 heteroatoms. The van der Waals surface area contributed by atoms with Crippen LogP contribution in [0.5, 0.6) is 0 Å². The Kier molecular flexibility index (Phi) is 2.89. The van der Waals surface area contributed by atoms with Gasteiger partial charge in [0.2, 0.25) is 11.8 Å². The lowest BCUT2D eigenvalue weighted by Gasteiger charge is -2.42. The average molecular weight is 239 g/mol. The maximum Gasteiger partial charge on any atom is 0.230 e. The third kappa shape index (κ3) is 1.82. The molecule has 2 fully saturated rings. The van der Waals surface area contributed by atoms with Gasteiger partial charge in [-0.1, -0.05) is 6.42 Å². The van der Waals surface area contributed by atoms with Crippen molar-refractivity contribution in [2.24, 2.45) is 22.3 Å². The summed E-state index contributed by atoms with van der Waals surface area (Å²) in [4.78, 5) is 25.5. The summed E-state index contributed by atoms with van der Waals surface area (Å²) in [6.45, 7) is 3.32. The lowest BCUT2D eigenvalue weighted by atomic mass is 9.68. The highest BCUT2D eigenvalue weighted by Crippen LogP contribution is 2.43. The van der Waals surface area contributed by atoms with Crippen molar-refractivity contribution in [1.82, 2.24) is 4.90 Å². The van der Waals surface area contributed by atoms with Gasteiger partial charge in [0.25, 0.3) is 0 Å². The minimum Gasteiger partial charge on any atom is -0.369 e. The molecule has 1 aliphatic heterocycles. The standard InChI is InChI=1S/C12H21N3O2/c1-11(9(14)16)5-6-15(8-11)10(17)12(7-13)3-2-4-12/h2-8,13H2,1H3,(H2,14,16). The van der Waals surface area contributed by atoms with Crippen LogP contribution in [0.4, 0.5) is 0 Å². The van der Waals surface area contributed by atoms with E-state index in [1.54, 1.807) is 4.90 Å². The number of amides is 2.